The van der Waals surface area contributed by atoms with E-state index >= 15 is 0 Å². The molecule has 0 saturated carbocycles. The minimum atomic E-state index is -0.568. The predicted octanol–water partition coefficient (Wildman–Crippen LogP) is 2.09. The van der Waals surface area contributed by atoms with Crippen LogP contribution in [-0.4, -0.2) is 47.2 Å². The number of nitrogens with two attached hydrogens (primary N) is 1. The van der Waals surface area contributed by atoms with E-state index in [9.17, 15) is 4.79 Å². The molecule has 1 saturated heterocycles. The molecule has 1 fully saturated rings. The molecule has 154 valence electrons. The van der Waals surface area contributed by atoms with Gasteiger partial charge in [-0.1, -0.05) is 11.3 Å². The molecule has 1 atom stereocenters. The van der Waals surface area contributed by atoms with Crippen molar-refractivity contribution in [3.63, 3.8) is 0 Å². The van der Waals surface area contributed by atoms with E-state index in [0.29, 0.717) is 24.5 Å². The number of primary amides is 1. The van der Waals surface area contributed by atoms with Crippen molar-refractivity contribution in [2.45, 2.75) is 13.2 Å². The van der Waals surface area contributed by atoms with E-state index in [2.05, 4.69) is 19.9 Å². The molecule has 0 radical (unpaired) electrons. The Balaban J connectivity index is 1.53. The Morgan fingerprint density at radius 2 is 2.10 bits per heavy atom. The van der Waals surface area contributed by atoms with Crippen LogP contribution in [0.4, 0.5) is 10.8 Å². The van der Waals surface area contributed by atoms with Crippen molar-refractivity contribution in [1.82, 2.24) is 15.0 Å². The molecule has 0 aromatic carbocycles. The largest absolute Gasteiger partial charge is 0.471 e. The summed E-state index contributed by atoms with van der Waals surface area (Å²) in [6.07, 6.45) is 4.28. The van der Waals surface area contributed by atoms with Crippen LogP contribution in [0.5, 0.6) is 0 Å². The van der Waals surface area contributed by atoms with E-state index in [0.717, 1.165) is 34.2 Å². The predicted molar refractivity (Wildman–Crippen MR) is 113 cm³/mol. The van der Waals surface area contributed by atoms with Crippen LogP contribution in [0, 0.1) is 6.92 Å². The Morgan fingerprint density at radius 3 is 2.87 bits per heavy atom. The van der Waals surface area contributed by atoms with Gasteiger partial charge in [-0.3, -0.25) is 14.7 Å². The number of carbonyl (C=O) groups excluding carboxylic acids is 1. The van der Waals surface area contributed by atoms with Crippen LogP contribution in [0.25, 0.3) is 10.3 Å². The van der Waals surface area contributed by atoms with Crippen molar-refractivity contribution in [2.24, 2.45) is 5.73 Å². The molecule has 30 heavy (non-hydrogen) atoms. The molecule has 5 heterocycles. The van der Waals surface area contributed by atoms with Gasteiger partial charge in [-0.25, -0.2) is 4.98 Å². The third-order valence-electron chi connectivity index (χ3n) is 5.04. The monoisotopic (exact) mass is 424 g/mol. The van der Waals surface area contributed by atoms with Crippen molar-refractivity contribution in [1.29, 1.82) is 0 Å². The smallest absolute Gasteiger partial charge is 0.268 e. The number of pyridine rings is 2. The maximum absolute atomic E-state index is 12.1. The van der Waals surface area contributed by atoms with Crippen LogP contribution in [0.15, 0.2) is 42.6 Å². The normalized spacial score (nSPS) is 19.1. The first-order valence-electron chi connectivity index (χ1n) is 9.56. The van der Waals surface area contributed by atoms with Crippen molar-refractivity contribution >= 4 is 38.4 Å². The van der Waals surface area contributed by atoms with E-state index in [4.69, 9.17) is 15.2 Å². The number of thiazole rings is 1. The summed E-state index contributed by atoms with van der Waals surface area (Å²) in [6.45, 7) is 4.91. The van der Waals surface area contributed by atoms with Crippen LogP contribution in [0.1, 0.15) is 17.5 Å². The molecule has 3 aromatic rings. The number of aromatic nitrogens is 3. The van der Waals surface area contributed by atoms with Crippen LogP contribution < -0.4 is 15.5 Å². The summed E-state index contributed by atoms with van der Waals surface area (Å²) in [7, 11) is 0. The van der Waals surface area contributed by atoms with Gasteiger partial charge in [0.15, 0.2) is 10.8 Å². The number of nitrogens with zero attached hydrogens (tertiary/aromatic N) is 5. The lowest BCUT2D eigenvalue weighted by Crippen LogP contribution is -2.36. The van der Waals surface area contributed by atoms with Gasteiger partial charge in [-0.15, -0.1) is 0 Å². The van der Waals surface area contributed by atoms with Gasteiger partial charge in [0.1, 0.15) is 12.0 Å². The molecule has 2 aliphatic heterocycles. The molecule has 1 amide bonds. The summed E-state index contributed by atoms with van der Waals surface area (Å²) in [5, 5.41) is 0.919. The zero-order valence-corrected chi connectivity index (χ0v) is 17.1. The number of carbonyl (C=O) groups is 1. The summed E-state index contributed by atoms with van der Waals surface area (Å²) in [6, 6.07) is 5.75. The van der Waals surface area contributed by atoms with Crippen molar-refractivity contribution in [2.75, 3.05) is 36.1 Å². The van der Waals surface area contributed by atoms with Crippen molar-refractivity contribution in [3.05, 3.63) is 53.8 Å². The van der Waals surface area contributed by atoms with Gasteiger partial charge >= 0.3 is 0 Å². The average molecular weight is 424 g/mol. The minimum absolute atomic E-state index is 0.272. The molecular weight excluding hydrogens is 404 g/mol. The number of hydrogen-bond donors (Lipinski definition) is 1. The molecule has 2 aliphatic rings. The van der Waals surface area contributed by atoms with Gasteiger partial charge in [0, 0.05) is 30.5 Å². The number of rotatable bonds is 4. The Bertz CT molecular complexity index is 1140. The summed E-state index contributed by atoms with van der Waals surface area (Å²) in [5.74, 6) is -0.568. The van der Waals surface area contributed by atoms with E-state index in [-0.39, 0.29) is 5.70 Å². The maximum atomic E-state index is 12.1. The molecule has 0 bridgehead atoms. The number of ether oxygens (including phenoxy) is 2. The summed E-state index contributed by atoms with van der Waals surface area (Å²) in [4.78, 5) is 29.5. The van der Waals surface area contributed by atoms with E-state index in [1.807, 2.05) is 25.1 Å². The number of hydrogen-bond acceptors (Lipinski definition) is 9. The van der Waals surface area contributed by atoms with E-state index in [1.165, 1.54) is 6.26 Å². The van der Waals surface area contributed by atoms with E-state index < -0.39 is 12.1 Å². The number of amides is 1. The number of aryl methyl sites for hydroxylation is 1. The minimum Gasteiger partial charge on any atom is -0.471 e. The summed E-state index contributed by atoms with van der Waals surface area (Å²) < 4.78 is 12.2. The van der Waals surface area contributed by atoms with Crippen molar-refractivity contribution < 1.29 is 14.3 Å². The van der Waals surface area contributed by atoms with Gasteiger partial charge in [0.05, 0.1) is 29.8 Å². The highest BCUT2D eigenvalue weighted by Gasteiger charge is 2.34. The maximum Gasteiger partial charge on any atom is 0.268 e. The zero-order chi connectivity index (χ0) is 20.7. The highest BCUT2D eigenvalue weighted by molar-refractivity contribution is 7.22. The Morgan fingerprint density at radius 1 is 1.27 bits per heavy atom. The summed E-state index contributed by atoms with van der Waals surface area (Å²) in [5.41, 5.74) is 9.00. The molecule has 9 nitrogen and oxygen atoms in total. The number of morpholine rings is 1. The van der Waals surface area contributed by atoms with Gasteiger partial charge in [0.2, 0.25) is 6.23 Å². The third-order valence-corrected chi connectivity index (χ3v) is 6.09. The highest BCUT2D eigenvalue weighted by Crippen LogP contribution is 2.39. The molecule has 0 spiro atoms. The van der Waals surface area contributed by atoms with Crippen LogP contribution in [-0.2, 0) is 14.3 Å². The standard InChI is InChI=1S/C20H20N6O3S/c1-12-8-13(2-3-22-12)19-26(15(11-29-19)17(21)27)14-9-16-18(23-10-14)24-20(30-16)25-4-6-28-7-5-25/h2-3,8-11,19H,4-7H2,1H3,(H2,21,27). The topological polar surface area (TPSA) is 107 Å². The SMILES string of the molecule is Cc1cc(C2OC=C(C(N)=O)N2c2cnc3nc(N4CCOCC4)sc3c2)ccn1. The Labute approximate surface area is 176 Å². The molecule has 0 aliphatic carbocycles. The second kappa shape index (κ2) is 7.54. The lowest BCUT2D eigenvalue weighted by atomic mass is 10.1. The fraction of sp³-hybridized carbons (Fsp3) is 0.300. The number of fused-ring (bicyclic) bond motifs is 1. The molecule has 5 rings (SSSR count). The molecule has 1 unspecified atom stereocenters. The fourth-order valence-electron chi connectivity index (χ4n) is 3.59. The highest BCUT2D eigenvalue weighted by atomic mass is 32.1. The van der Waals surface area contributed by atoms with E-state index in [1.54, 1.807) is 28.6 Å². The second-order valence-electron chi connectivity index (χ2n) is 7.07. The molecule has 2 N–H and O–H groups in total. The molecular formula is C20H20N6O3S. The lowest BCUT2D eigenvalue weighted by molar-refractivity contribution is -0.114. The van der Waals surface area contributed by atoms with Gasteiger partial charge in [-0.05, 0) is 25.1 Å². The van der Waals surface area contributed by atoms with Gasteiger partial charge in [-0.2, -0.15) is 4.98 Å². The second-order valence-corrected chi connectivity index (χ2v) is 8.08. The van der Waals surface area contributed by atoms with Crippen LogP contribution in [0.2, 0.25) is 0 Å². The quantitative estimate of drug-likeness (QED) is 0.679. The molecule has 10 heteroatoms. The zero-order valence-electron chi connectivity index (χ0n) is 16.3. The average Bonchev–Trinajstić information content (AvgIpc) is 3.38. The van der Waals surface area contributed by atoms with Gasteiger partial charge < -0.3 is 20.1 Å². The number of anilines is 2. The van der Waals surface area contributed by atoms with Crippen molar-refractivity contribution in [3.8, 4) is 0 Å². The third kappa shape index (κ3) is 3.33. The first-order valence-corrected chi connectivity index (χ1v) is 10.4. The van der Waals surface area contributed by atoms with Crippen LogP contribution in [0.3, 0.4) is 0 Å². The van der Waals surface area contributed by atoms with Gasteiger partial charge in [0.25, 0.3) is 5.91 Å². The Kier molecular flexibility index (Phi) is 4.72. The summed E-state index contributed by atoms with van der Waals surface area (Å²) >= 11 is 1.57. The molecule has 3 aromatic heterocycles. The lowest BCUT2D eigenvalue weighted by Gasteiger charge is -2.26. The first kappa shape index (κ1) is 18.8. The first-order chi connectivity index (χ1) is 14.6. The Hall–Kier alpha value is -3.24. The van der Waals surface area contributed by atoms with Crippen LogP contribution >= 0.6 is 11.3 Å². The fourth-order valence-corrected chi connectivity index (χ4v) is 4.60.